The summed E-state index contributed by atoms with van der Waals surface area (Å²) in [4.78, 5) is 2.45. The van der Waals surface area contributed by atoms with Gasteiger partial charge in [0.1, 0.15) is 0 Å². The number of hydrogen-bond acceptors (Lipinski definition) is 3. The molecule has 0 spiro atoms. The molecule has 1 aliphatic heterocycles. The first-order valence-electron chi connectivity index (χ1n) is 5.83. The molecule has 0 aliphatic carbocycles. The van der Waals surface area contributed by atoms with Crippen LogP contribution in [0.15, 0.2) is 30.3 Å². The van der Waals surface area contributed by atoms with E-state index in [2.05, 4.69) is 64.6 Å². The summed E-state index contributed by atoms with van der Waals surface area (Å²) >= 11 is 2.19. The Bertz CT molecular complexity index is 313. The van der Waals surface area contributed by atoms with Gasteiger partial charge in [-0.3, -0.25) is 0 Å². The molecule has 0 radical (unpaired) electrons. The fraction of sp³-hybridized carbons (Fsp3) is 0.500. The van der Waals surface area contributed by atoms with E-state index in [1.54, 1.807) is 0 Å². The molecule has 1 aromatic rings. The van der Waals surface area contributed by atoms with Gasteiger partial charge in [0.05, 0.1) is 0 Å². The first kappa shape index (κ1) is 18.2. The van der Waals surface area contributed by atoms with Gasteiger partial charge in [-0.15, -0.1) is 0 Å². The van der Waals surface area contributed by atoms with Gasteiger partial charge >= 0.3 is 110 Å². The molecule has 3 nitrogen and oxygen atoms in total. The molecule has 1 aromatic carbocycles. The maximum absolute atomic E-state index is 3.47. The second-order valence-corrected chi connectivity index (χ2v) is 5.05. The SMILES string of the molecule is [Cl-].[Cl-].[Ti+2][N]1CCNCCN(c2ccccc2)CC1. The number of benzene rings is 1. The van der Waals surface area contributed by atoms with Gasteiger partial charge in [0.15, 0.2) is 0 Å². The van der Waals surface area contributed by atoms with Crippen molar-refractivity contribution in [3.05, 3.63) is 30.3 Å². The molecule has 1 heterocycles. The number of anilines is 1. The molecule has 0 saturated carbocycles. The fourth-order valence-corrected chi connectivity index (χ4v) is 2.25. The topological polar surface area (TPSA) is 18.5 Å². The molecule has 1 aliphatic rings. The fourth-order valence-electron chi connectivity index (χ4n) is 1.92. The summed E-state index contributed by atoms with van der Waals surface area (Å²) in [5, 5.41) is 3.47. The molecule has 0 unspecified atom stereocenters. The van der Waals surface area contributed by atoms with Crippen LogP contribution in [0.25, 0.3) is 0 Å². The average Bonchev–Trinajstić information content (AvgIpc) is 2.43. The Labute approximate surface area is 134 Å². The molecule has 0 amide bonds. The second-order valence-electron chi connectivity index (χ2n) is 4.06. The van der Waals surface area contributed by atoms with E-state index >= 15 is 0 Å². The van der Waals surface area contributed by atoms with E-state index in [1.165, 1.54) is 5.69 Å². The number of hydrogen-bond donors (Lipinski definition) is 1. The van der Waals surface area contributed by atoms with Crippen LogP contribution in [0.2, 0.25) is 0 Å². The summed E-state index contributed by atoms with van der Waals surface area (Å²) in [6, 6.07) is 10.7. The van der Waals surface area contributed by atoms with Crippen molar-refractivity contribution in [1.29, 1.82) is 0 Å². The predicted molar refractivity (Wildman–Crippen MR) is 63.1 cm³/mol. The minimum atomic E-state index is 0. The Hall–Kier alpha value is 0.234. The summed E-state index contributed by atoms with van der Waals surface area (Å²) in [5.74, 6) is 0. The molecule has 0 atom stereocenters. The Balaban J connectivity index is 0.00000144. The zero-order valence-corrected chi connectivity index (χ0v) is 13.4. The van der Waals surface area contributed by atoms with E-state index in [0.29, 0.717) is 0 Å². The third kappa shape index (κ3) is 5.92. The van der Waals surface area contributed by atoms with Crippen molar-refractivity contribution in [2.75, 3.05) is 44.2 Å². The first-order chi connectivity index (χ1) is 7.86. The van der Waals surface area contributed by atoms with Crippen LogP contribution in [-0.4, -0.2) is 42.7 Å². The van der Waals surface area contributed by atoms with Gasteiger partial charge < -0.3 is 24.8 Å². The van der Waals surface area contributed by atoms with Gasteiger partial charge in [-0.2, -0.15) is 0 Å². The Kier molecular flexibility index (Phi) is 10.2. The molecule has 0 aromatic heterocycles. The van der Waals surface area contributed by atoms with Crippen LogP contribution in [0.5, 0.6) is 0 Å². The zero-order valence-electron chi connectivity index (χ0n) is 10.3. The van der Waals surface area contributed by atoms with Gasteiger partial charge in [-0.25, -0.2) is 0 Å². The number of halogens is 2. The Morgan fingerprint density at radius 3 is 2.28 bits per heavy atom. The summed E-state index contributed by atoms with van der Waals surface area (Å²) in [7, 11) is 0. The van der Waals surface area contributed by atoms with Crippen molar-refractivity contribution in [2.45, 2.75) is 0 Å². The number of para-hydroxylation sites is 1. The Morgan fingerprint density at radius 1 is 0.889 bits per heavy atom. The summed E-state index contributed by atoms with van der Waals surface area (Å²) < 4.78 is 2.38. The summed E-state index contributed by atoms with van der Waals surface area (Å²) in [6.07, 6.45) is 0. The number of rotatable bonds is 1. The standard InChI is InChI=1S/C12H18N3.2ClH.Ti/c1-2-4-12(5-3-1)15-10-8-13-6-7-14-9-11-15;;;/h1-5,13H,6-11H2;2*1H;/q-1;;;+3/p-2. The van der Waals surface area contributed by atoms with E-state index in [1.807, 2.05) is 0 Å². The molecular formula is C12H18Cl2N3Ti. The van der Waals surface area contributed by atoms with Crippen LogP contribution in [0, 0.1) is 0 Å². The van der Waals surface area contributed by atoms with Crippen molar-refractivity contribution >= 4 is 5.69 Å². The molecule has 0 bridgehead atoms. The van der Waals surface area contributed by atoms with E-state index in [9.17, 15) is 0 Å². The van der Waals surface area contributed by atoms with E-state index < -0.39 is 0 Å². The van der Waals surface area contributed by atoms with Crippen LogP contribution >= 0.6 is 0 Å². The van der Waals surface area contributed by atoms with Crippen LogP contribution in [-0.2, 0) is 20.7 Å². The van der Waals surface area contributed by atoms with Gasteiger partial charge in [-0.05, 0) is 0 Å². The van der Waals surface area contributed by atoms with Crippen molar-refractivity contribution in [2.24, 2.45) is 0 Å². The van der Waals surface area contributed by atoms with Gasteiger partial charge in [0, 0.05) is 0 Å². The normalized spacial score (nSPS) is 17.8. The molecular weight excluding hydrogens is 305 g/mol. The van der Waals surface area contributed by atoms with Crippen molar-refractivity contribution in [1.82, 2.24) is 8.70 Å². The van der Waals surface area contributed by atoms with E-state index in [4.69, 9.17) is 0 Å². The van der Waals surface area contributed by atoms with Crippen molar-refractivity contribution in [3.63, 3.8) is 0 Å². The molecule has 1 fully saturated rings. The summed E-state index contributed by atoms with van der Waals surface area (Å²) in [6.45, 7) is 6.65. The zero-order chi connectivity index (χ0) is 11.2. The van der Waals surface area contributed by atoms with Gasteiger partial charge in [0.25, 0.3) is 0 Å². The van der Waals surface area contributed by atoms with Gasteiger partial charge in [0.2, 0.25) is 0 Å². The maximum atomic E-state index is 3.47. The molecule has 1 saturated heterocycles. The van der Waals surface area contributed by atoms with Crippen LogP contribution in [0.1, 0.15) is 0 Å². The number of nitrogens with zero attached hydrogens (tertiary/aromatic N) is 2. The minimum absolute atomic E-state index is 0. The molecule has 6 heteroatoms. The quantitative estimate of drug-likeness (QED) is 0.522. The summed E-state index contributed by atoms with van der Waals surface area (Å²) in [5.41, 5.74) is 1.33. The van der Waals surface area contributed by atoms with Crippen molar-refractivity contribution < 1.29 is 45.5 Å². The third-order valence-corrected chi connectivity index (χ3v) is 3.58. The monoisotopic (exact) mass is 322 g/mol. The molecule has 99 valence electrons. The first-order valence-corrected chi connectivity index (χ1v) is 6.53. The van der Waals surface area contributed by atoms with E-state index in [0.717, 1.165) is 39.3 Å². The van der Waals surface area contributed by atoms with Crippen LogP contribution in [0.4, 0.5) is 5.69 Å². The second kappa shape index (κ2) is 10.1. The van der Waals surface area contributed by atoms with Gasteiger partial charge in [-0.1, -0.05) is 0 Å². The van der Waals surface area contributed by atoms with Crippen LogP contribution < -0.4 is 35.0 Å². The molecule has 2 rings (SSSR count). The molecule has 18 heavy (non-hydrogen) atoms. The predicted octanol–water partition coefficient (Wildman–Crippen LogP) is -5.13. The van der Waals surface area contributed by atoms with Crippen molar-refractivity contribution in [3.8, 4) is 0 Å². The Morgan fingerprint density at radius 2 is 1.56 bits per heavy atom. The number of nitrogens with one attached hydrogen (secondary N) is 1. The van der Waals surface area contributed by atoms with E-state index in [-0.39, 0.29) is 24.8 Å². The molecule has 1 N–H and O–H groups in total. The third-order valence-electron chi connectivity index (χ3n) is 2.88. The average molecular weight is 323 g/mol. The van der Waals surface area contributed by atoms with Crippen LogP contribution in [0.3, 0.4) is 0 Å².